The van der Waals surface area contributed by atoms with Gasteiger partial charge in [0.05, 0.1) is 16.7 Å². The molecule has 0 aliphatic rings. The van der Waals surface area contributed by atoms with Crippen molar-refractivity contribution in [1.82, 2.24) is 14.5 Å². The maximum absolute atomic E-state index is 12.5. The lowest BCUT2D eigenvalue weighted by Crippen LogP contribution is -2.17. The van der Waals surface area contributed by atoms with Gasteiger partial charge >= 0.3 is 6.36 Å². The van der Waals surface area contributed by atoms with Crippen LogP contribution in [0.15, 0.2) is 42.6 Å². The third-order valence-electron chi connectivity index (χ3n) is 4.30. The van der Waals surface area contributed by atoms with Gasteiger partial charge in [-0.3, -0.25) is 0 Å². The fourth-order valence-electron chi connectivity index (χ4n) is 3.20. The molecule has 0 bridgehead atoms. The van der Waals surface area contributed by atoms with Crippen molar-refractivity contribution in [3.63, 3.8) is 0 Å². The Balaban J connectivity index is 1.78. The number of imidazole rings is 1. The quantitative estimate of drug-likeness (QED) is 0.411. The van der Waals surface area contributed by atoms with E-state index < -0.39 is 6.36 Å². The summed E-state index contributed by atoms with van der Waals surface area (Å²) in [6.07, 6.45) is -2.96. The number of anilines is 2. The Morgan fingerprint density at radius 3 is 2.68 bits per heavy atom. The number of halogens is 4. The van der Waals surface area contributed by atoms with Gasteiger partial charge in [0.2, 0.25) is 5.95 Å². The number of hydrogen-bond donors (Lipinski definition) is 2. The Hall–Kier alpha value is -2.87. The van der Waals surface area contributed by atoms with Gasteiger partial charge in [-0.2, -0.15) is 0 Å². The van der Waals surface area contributed by atoms with Crippen molar-refractivity contribution < 1.29 is 17.9 Å². The van der Waals surface area contributed by atoms with Gasteiger partial charge in [0.1, 0.15) is 5.75 Å². The van der Waals surface area contributed by atoms with Crippen molar-refractivity contribution >= 4 is 45.2 Å². The number of ether oxygens (including phenoxy) is 1. The van der Waals surface area contributed by atoms with Gasteiger partial charge in [-0.05, 0) is 44.2 Å². The number of aromatic nitrogens is 3. The highest BCUT2D eigenvalue weighted by Crippen LogP contribution is 2.33. The second-order valence-electron chi connectivity index (χ2n) is 6.61. The van der Waals surface area contributed by atoms with Crippen LogP contribution in [0.4, 0.5) is 24.8 Å². The SMILES string of the molecule is CC(C)n1c(Nc2c[nH]c3ccc(Cl)cc23)nc2cc(OC(F)(F)F)ccc21. The van der Waals surface area contributed by atoms with Gasteiger partial charge in [0.25, 0.3) is 0 Å². The Kier molecular flexibility index (Phi) is 4.38. The monoisotopic (exact) mass is 408 g/mol. The van der Waals surface area contributed by atoms with Crippen LogP contribution in [-0.2, 0) is 0 Å². The molecule has 0 spiro atoms. The van der Waals surface area contributed by atoms with Crippen LogP contribution in [0.1, 0.15) is 19.9 Å². The zero-order valence-electron chi connectivity index (χ0n) is 14.9. The van der Waals surface area contributed by atoms with E-state index in [1.807, 2.05) is 30.5 Å². The van der Waals surface area contributed by atoms with Crippen molar-refractivity contribution in [2.75, 3.05) is 5.32 Å². The predicted molar refractivity (Wildman–Crippen MR) is 103 cm³/mol. The molecule has 28 heavy (non-hydrogen) atoms. The highest BCUT2D eigenvalue weighted by molar-refractivity contribution is 6.31. The van der Waals surface area contributed by atoms with Gasteiger partial charge in [0.15, 0.2) is 0 Å². The summed E-state index contributed by atoms with van der Waals surface area (Å²) in [5.41, 5.74) is 2.77. The van der Waals surface area contributed by atoms with E-state index in [4.69, 9.17) is 11.6 Å². The number of benzene rings is 2. The summed E-state index contributed by atoms with van der Waals surface area (Å²) in [4.78, 5) is 7.64. The first-order valence-corrected chi connectivity index (χ1v) is 8.90. The largest absolute Gasteiger partial charge is 0.573 e. The van der Waals surface area contributed by atoms with E-state index in [9.17, 15) is 13.2 Å². The molecule has 0 fully saturated rings. The number of aromatic amines is 1. The van der Waals surface area contributed by atoms with Crippen LogP contribution in [0.25, 0.3) is 21.9 Å². The number of fused-ring (bicyclic) bond motifs is 2. The lowest BCUT2D eigenvalue weighted by atomic mass is 10.2. The minimum absolute atomic E-state index is 0.0238. The van der Waals surface area contributed by atoms with Crippen molar-refractivity contribution in [1.29, 1.82) is 0 Å². The van der Waals surface area contributed by atoms with Gasteiger partial charge < -0.3 is 19.6 Å². The maximum Gasteiger partial charge on any atom is 0.573 e. The molecule has 0 aliphatic heterocycles. The molecule has 0 saturated heterocycles. The van der Waals surface area contributed by atoms with Crippen molar-refractivity contribution in [2.24, 2.45) is 0 Å². The fraction of sp³-hybridized carbons (Fsp3) is 0.211. The molecule has 5 nitrogen and oxygen atoms in total. The normalized spacial score (nSPS) is 12.2. The minimum Gasteiger partial charge on any atom is -0.406 e. The van der Waals surface area contributed by atoms with Gasteiger partial charge in [0, 0.05) is 34.2 Å². The van der Waals surface area contributed by atoms with Crippen molar-refractivity contribution in [2.45, 2.75) is 26.3 Å². The van der Waals surface area contributed by atoms with E-state index in [0.717, 1.165) is 16.6 Å². The lowest BCUT2D eigenvalue weighted by Gasteiger charge is -2.14. The van der Waals surface area contributed by atoms with E-state index in [0.29, 0.717) is 22.0 Å². The van der Waals surface area contributed by atoms with Gasteiger partial charge in [-0.25, -0.2) is 4.98 Å². The second kappa shape index (κ2) is 6.63. The van der Waals surface area contributed by atoms with Gasteiger partial charge in [-0.1, -0.05) is 11.6 Å². The first kappa shape index (κ1) is 18.5. The number of hydrogen-bond acceptors (Lipinski definition) is 3. The van der Waals surface area contributed by atoms with Crippen LogP contribution >= 0.6 is 11.6 Å². The summed E-state index contributed by atoms with van der Waals surface area (Å²) in [6, 6.07) is 9.64. The average Bonchev–Trinajstić information content (AvgIpc) is 3.14. The van der Waals surface area contributed by atoms with Crippen LogP contribution in [0.3, 0.4) is 0 Å². The molecule has 0 atom stereocenters. The van der Waals surface area contributed by atoms with E-state index in [1.54, 1.807) is 18.3 Å². The number of rotatable bonds is 4. The molecule has 2 heterocycles. The summed E-state index contributed by atoms with van der Waals surface area (Å²) in [7, 11) is 0. The summed E-state index contributed by atoms with van der Waals surface area (Å²) in [6.45, 7) is 3.94. The number of H-pyrrole nitrogens is 1. The Morgan fingerprint density at radius 2 is 1.96 bits per heavy atom. The third kappa shape index (κ3) is 3.47. The van der Waals surface area contributed by atoms with E-state index in [2.05, 4.69) is 20.0 Å². The van der Waals surface area contributed by atoms with E-state index >= 15 is 0 Å². The van der Waals surface area contributed by atoms with E-state index in [1.165, 1.54) is 12.1 Å². The zero-order valence-corrected chi connectivity index (χ0v) is 15.7. The molecule has 146 valence electrons. The lowest BCUT2D eigenvalue weighted by molar-refractivity contribution is -0.274. The van der Waals surface area contributed by atoms with Crippen LogP contribution in [0.2, 0.25) is 5.02 Å². The molecule has 0 radical (unpaired) electrons. The summed E-state index contributed by atoms with van der Waals surface area (Å²) in [5, 5.41) is 4.74. The highest BCUT2D eigenvalue weighted by atomic mass is 35.5. The van der Waals surface area contributed by atoms with Crippen molar-refractivity contribution in [3.8, 4) is 5.75 Å². The van der Waals surface area contributed by atoms with E-state index in [-0.39, 0.29) is 11.8 Å². The molecule has 0 amide bonds. The molecule has 9 heteroatoms. The van der Waals surface area contributed by atoms with Crippen LogP contribution in [0.5, 0.6) is 5.75 Å². The van der Waals surface area contributed by atoms with Crippen LogP contribution < -0.4 is 10.1 Å². The summed E-state index contributed by atoms with van der Waals surface area (Å²) >= 11 is 6.10. The number of alkyl halides is 3. The molecule has 0 aliphatic carbocycles. The first-order valence-electron chi connectivity index (χ1n) is 8.52. The third-order valence-corrected chi connectivity index (χ3v) is 4.54. The topological polar surface area (TPSA) is 54.9 Å². The average molecular weight is 409 g/mol. The number of nitrogens with zero attached hydrogens (tertiary/aromatic N) is 2. The number of nitrogens with one attached hydrogen (secondary N) is 2. The molecule has 0 saturated carbocycles. The Bertz CT molecular complexity index is 1160. The Morgan fingerprint density at radius 1 is 1.18 bits per heavy atom. The molecule has 4 rings (SSSR count). The fourth-order valence-corrected chi connectivity index (χ4v) is 3.38. The highest BCUT2D eigenvalue weighted by Gasteiger charge is 2.31. The van der Waals surface area contributed by atoms with Crippen LogP contribution in [0, 0.1) is 0 Å². The smallest absolute Gasteiger partial charge is 0.406 e. The summed E-state index contributed by atoms with van der Waals surface area (Å²) < 4.78 is 43.5. The Labute approximate surface area is 163 Å². The van der Waals surface area contributed by atoms with Crippen molar-refractivity contribution in [3.05, 3.63) is 47.6 Å². The first-order chi connectivity index (χ1) is 13.2. The molecular weight excluding hydrogens is 393 g/mol. The maximum atomic E-state index is 12.5. The molecule has 2 aromatic carbocycles. The zero-order chi connectivity index (χ0) is 20.1. The standard InChI is InChI=1S/C19H16ClF3N4O/c1-10(2)27-17-6-4-12(28-19(21,22)23)8-15(17)25-18(27)26-16-9-24-14-5-3-11(20)7-13(14)16/h3-10,24H,1-2H3,(H,25,26). The summed E-state index contributed by atoms with van der Waals surface area (Å²) in [5.74, 6) is 0.203. The predicted octanol–water partition coefficient (Wildman–Crippen LogP) is 6.39. The minimum atomic E-state index is -4.75. The molecule has 0 unspecified atom stereocenters. The molecular formula is C19H16ClF3N4O. The molecule has 4 aromatic rings. The molecule has 2 N–H and O–H groups in total. The van der Waals surface area contributed by atoms with Crippen LogP contribution in [-0.4, -0.2) is 20.9 Å². The second-order valence-corrected chi connectivity index (χ2v) is 7.05. The van der Waals surface area contributed by atoms with Gasteiger partial charge in [-0.15, -0.1) is 13.2 Å². The molecule has 2 aromatic heterocycles.